The highest BCUT2D eigenvalue weighted by molar-refractivity contribution is 7.99. The zero-order valence-corrected chi connectivity index (χ0v) is 20.3. The molecule has 11 heteroatoms. The third-order valence-electron chi connectivity index (χ3n) is 5.92. The smallest absolute Gasteiger partial charge is 0.321 e. The number of aryl methyl sites for hydroxylation is 3. The lowest BCUT2D eigenvalue weighted by molar-refractivity contribution is 0.184. The summed E-state index contributed by atoms with van der Waals surface area (Å²) < 4.78 is 32.3. The molecule has 9 nitrogen and oxygen atoms in total. The highest BCUT2D eigenvalue weighted by Crippen LogP contribution is 2.26. The Kier molecular flexibility index (Phi) is 6.68. The van der Waals surface area contributed by atoms with Gasteiger partial charge in [-0.15, -0.1) is 0 Å². The Morgan fingerprint density at radius 1 is 1.06 bits per heavy atom. The first-order valence-corrected chi connectivity index (χ1v) is 13.3. The lowest BCUT2D eigenvalue weighted by Crippen LogP contribution is -2.51. The molecular formula is C21H29N5O4S2. The Balaban J connectivity index is 1.37. The molecule has 1 aromatic carbocycles. The van der Waals surface area contributed by atoms with Crippen molar-refractivity contribution in [2.45, 2.75) is 25.7 Å². The number of hydrogen-bond donors (Lipinski definition) is 1. The van der Waals surface area contributed by atoms with Gasteiger partial charge in [-0.05, 0) is 44.5 Å². The van der Waals surface area contributed by atoms with Gasteiger partial charge in [0.2, 0.25) is 10.0 Å². The number of amides is 2. The topological polar surface area (TPSA) is 99.0 Å². The molecule has 4 rings (SSSR count). The van der Waals surface area contributed by atoms with Gasteiger partial charge < -0.3 is 19.6 Å². The van der Waals surface area contributed by atoms with Crippen molar-refractivity contribution in [1.29, 1.82) is 0 Å². The van der Waals surface area contributed by atoms with Crippen molar-refractivity contribution in [2.75, 3.05) is 61.0 Å². The zero-order valence-electron chi connectivity index (χ0n) is 18.6. The van der Waals surface area contributed by atoms with Crippen molar-refractivity contribution < 1.29 is 17.7 Å². The third kappa shape index (κ3) is 4.60. The van der Waals surface area contributed by atoms with Crippen LogP contribution in [0, 0.1) is 20.8 Å². The van der Waals surface area contributed by atoms with E-state index in [0.717, 1.165) is 35.8 Å². The highest BCUT2D eigenvalue weighted by Gasteiger charge is 2.34. The molecule has 2 aromatic rings. The quantitative estimate of drug-likeness (QED) is 0.720. The number of rotatable bonds is 4. The molecule has 1 aromatic heterocycles. The van der Waals surface area contributed by atoms with Gasteiger partial charge in [-0.1, -0.05) is 5.16 Å². The van der Waals surface area contributed by atoms with Crippen LogP contribution in [-0.4, -0.2) is 79.6 Å². The molecule has 0 spiro atoms. The van der Waals surface area contributed by atoms with E-state index in [2.05, 4.69) is 21.4 Å². The van der Waals surface area contributed by atoms with Gasteiger partial charge in [0, 0.05) is 62.1 Å². The highest BCUT2D eigenvalue weighted by atomic mass is 32.2. The standard InChI is InChI=1S/C21H29N5O4S2/c1-15-14-18(24-10-12-31-13-11-24)4-5-19(15)22-21(27)25-6-8-26(9-7-25)32(28,29)20-16(2)23-30-17(20)3/h4-5,14H,6-13H2,1-3H3,(H,22,27). The summed E-state index contributed by atoms with van der Waals surface area (Å²) in [5.74, 6) is 2.55. The van der Waals surface area contributed by atoms with Crippen molar-refractivity contribution in [3.05, 3.63) is 35.2 Å². The van der Waals surface area contributed by atoms with Gasteiger partial charge in [-0.2, -0.15) is 16.1 Å². The molecule has 2 amide bonds. The molecule has 2 fully saturated rings. The molecule has 2 saturated heterocycles. The SMILES string of the molecule is Cc1cc(N2CCSCC2)ccc1NC(=O)N1CCN(S(=O)(=O)c2c(C)noc2C)CC1. The average molecular weight is 480 g/mol. The molecule has 2 aliphatic heterocycles. The third-order valence-corrected chi connectivity index (χ3v) is 9.01. The number of hydrogen-bond acceptors (Lipinski definition) is 7. The molecule has 0 radical (unpaired) electrons. The molecule has 174 valence electrons. The van der Waals surface area contributed by atoms with Gasteiger partial charge in [-0.3, -0.25) is 0 Å². The molecule has 3 heterocycles. The van der Waals surface area contributed by atoms with E-state index < -0.39 is 10.0 Å². The van der Waals surface area contributed by atoms with Gasteiger partial charge in [-0.25, -0.2) is 13.2 Å². The minimum absolute atomic E-state index is 0.124. The number of benzene rings is 1. The maximum Gasteiger partial charge on any atom is 0.321 e. The second-order valence-electron chi connectivity index (χ2n) is 8.07. The summed E-state index contributed by atoms with van der Waals surface area (Å²) in [4.78, 5) is 16.9. The van der Waals surface area contributed by atoms with E-state index in [-0.39, 0.29) is 29.8 Å². The number of carbonyl (C=O) groups excluding carboxylic acids is 1. The molecule has 0 atom stereocenters. The number of urea groups is 1. The number of nitrogens with one attached hydrogen (secondary N) is 1. The molecule has 0 saturated carbocycles. The number of anilines is 2. The molecule has 0 bridgehead atoms. The van der Waals surface area contributed by atoms with E-state index >= 15 is 0 Å². The number of nitrogens with zero attached hydrogens (tertiary/aromatic N) is 4. The van der Waals surface area contributed by atoms with Crippen LogP contribution in [0.5, 0.6) is 0 Å². The first-order valence-electron chi connectivity index (χ1n) is 10.7. The number of sulfonamides is 1. The second-order valence-corrected chi connectivity index (χ2v) is 11.2. The van der Waals surface area contributed by atoms with Gasteiger partial charge in [0.25, 0.3) is 0 Å². The fraction of sp³-hybridized carbons (Fsp3) is 0.524. The van der Waals surface area contributed by atoms with Crippen molar-refractivity contribution in [3.8, 4) is 0 Å². The van der Waals surface area contributed by atoms with Crippen LogP contribution in [0.2, 0.25) is 0 Å². The van der Waals surface area contributed by atoms with Crippen LogP contribution in [0.25, 0.3) is 0 Å². The molecular weight excluding hydrogens is 450 g/mol. The minimum Gasteiger partial charge on any atom is -0.370 e. The molecule has 2 aliphatic rings. The molecule has 0 unspecified atom stereocenters. The summed E-state index contributed by atoms with van der Waals surface area (Å²) >= 11 is 1.97. The number of piperazine rings is 1. The Bertz CT molecular complexity index is 1070. The Morgan fingerprint density at radius 2 is 1.75 bits per heavy atom. The van der Waals surface area contributed by atoms with Crippen molar-refractivity contribution >= 4 is 39.2 Å². The summed E-state index contributed by atoms with van der Waals surface area (Å²) in [6.45, 7) is 8.36. The Labute approximate surface area is 193 Å². The fourth-order valence-electron chi connectivity index (χ4n) is 4.10. The van der Waals surface area contributed by atoms with Crippen LogP contribution >= 0.6 is 11.8 Å². The normalized spacial score (nSPS) is 18.1. The predicted octanol–water partition coefficient (Wildman–Crippen LogP) is 2.69. The van der Waals surface area contributed by atoms with Gasteiger partial charge in [0.1, 0.15) is 10.6 Å². The van der Waals surface area contributed by atoms with Crippen molar-refractivity contribution in [3.63, 3.8) is 0 Å². The van der Waals surface area contributed by atoms with E-state index in [1.807, 2.05) is 30.8 Å². The average Bonchev–Trinajstić information content (AvgIpc) is 3.14. The maximum atomic E-state index is 13.0. The van der Waals surface area contributed by atoms with Crippen LogP contribution in [0.3, 0.4) is 0 Å². The van der Waals surface area contributed by atoms with Crippen molar-refractivity contribution in [2.24, 2.45) is 0 Å². The lowest BCUT2D eigenvalue weighted by atomic mass is 10.1. The van der Waals surface area contributed by atoms with E-state index in [0.29, 0.717) is 18.8 Å². The van der Waals surface area contributed by atoms with Crippen LogP contribution < -0.4 is 10.2 Å². The molecule has 32 heavy (non-hydrogen) atoms. The Hall–Kier alpha value is -2.24. The van der Waals surface area contributed by atoms with E-state index in [1.165, 1.54) is 9.99 Å². The summed E-state index contributed by atoms with van der Waals surface area (Å²) in [5.41, 5.74) is 3.31. The van der Waals surface area contributed by atoms with Crippen LogP contribution in [0.1, 0.15) is 17.0 Å². The summed E-state index contributed by atoms with van der Waals surface area (Å²) in [5, 5.41) is 6.73. The summed E-state index contributed by atoms with van der Waals surface area (Å²) in [6, 6.07) is 5.89. The zero-order chi connectivity index (χ0) is 22.9. The van der Waals surface area contributed by atoms with E-state index in [9.17, 15) is 13.2 Å². The lowest BCUT2D eigenvalue weighted by Gasteiger charge is -2.34. The molecule has 0 aliphatic carbocycles. The van der Waals surface area contributed by atoms with Crippen LogP contribution in [0.4, 0.5) is 16.2 Å². The van der Waals surface area contributed by atoms with Gasteiger partial charge in [0.15, 0.2) is 5.76 Å². The largest absolute Gasteiger partial charge is 0.370 e. The van der Waals surface area contributed by atoms with Crippen LogP contribution in [0.15, 0.2) is 27.6 Å². The van der Waals surface area contributed by atoms with E-state index in [4.69, 9.17) is 4.52 Å². The van der Waals surface area contributed by atoms with Crippen molar-refractivity contribution in [1.82, 2.24) is 14.4 Å². The van der Waals surface area contributed by atoms with Crippen LogP contribution in [-0.2, 0) is 10.0 Å². The first-order chi connectivity index (χ1) is 15.3. The number of thioether (sulfide) groups is 1. The fourth-order valence-corrected chi connectivity index (χ4v) is 6.72. The second kappa shape index (κ2) is 9.32. The van der Waals surface area contributed by atoms with Gasteiger partial charge in [0.05, 0.1) is 0 Å². The number of aromatic nitrogens is 1. The Morgan fingerprint density at radius 3 is 2.34 bits per heavy atom. The summed E-state index contributed by atoms with van der Waals surface area (Å²) in [7, 11) is -3.70. The minimum atomic E-state index is -3.70. The van der Waals surface area contributed by atoms with E-state index in [1.54, 1.807) is 18.7 Å². The van der Waals surface area contributed by atoms with Gasteiger partial charge >= 0.3 is 6.03 Å². The first kappa shape index (κ1) is 22.9. The monoisotopic (exact) mass is 479 g/mol. The molecule has 1 N–H and O–H groups in total. The maximum absolute atomic E-state index is 13.0. The predicted molar refractivity (Wildman–Crippen MR) is 126 cm³/mol. The summed E-state index contributed by atoms with van der Waals surface area (Å²) in [6.07, 6.45) is 0. The number of carbonyl (C=O) groups is 1.